The van der Waals surface area contributed by atoms with Crippen molar-refractivity contribution in [1.29, 1.82) is 0 Å². The highest BCUT2D eigenvalue weighted by Crippen LogP contribution is 2.44. The summed E-state index contributed by atoms with van der Waals surface area (Å²) in [4.78, 5) is 8.54. The number of methoxy groups -OCH3 is 2. The second kappa shape index (κ2) is 5.82. The van der Waals surface area contributed by atoms with Gasteiger partial charge in [-0.2, -0.15) is 0 Å². The second-order valence-electron chi connectivity index (χ2n) is 5.89. The van der Waals surface area contributed by atoms with E-state index in [4.69, 9.17) is 14.2 Å². The highest BCUT2D eigenvalue weighted by molar-refractivity contribution is 5.94. The number of hydrogen-bond acceptors (Lipinski definition) is 7. The van der Waals surface area contributed by atoms with Crippen molar-refractivity contribution in [3.63, 3.8) is 0 Å². The predicted octanol–water partition coefficient (Wildman–Crippen LogP) is 1.00. The number of anilines is 1. The van der Waals surface area contributed by atoms with Gasteiger partial charge in [0, 0.05) is 14.2 Å². The molecule has 1 fully saturated rings. The first kappa shape index (κ1) is 16.3. The molecule has 1 aromatic heterocycles. The monoisotopic (exact) mass is 328 g/mol. The van der Waals surface area contributed by atoms with Crippen LogP contribution in [0.25, 0.3) is 0 Å². The number of rotatable bonds is 4. The fraction of sp³-hybridized carbons (Fsp3) is 0.714. The molecule has 23 heavy (non-hydrogen) atoms. The number of alkyl halides is 1. The fourth-order valence-electron chi connectivity index (χ4n) is 2.98. The van der Waals surface area contributed by atoms with Crippen LogP contribution in [0.5, 0.6) is 0 Å². The molecule has 2 aliphatic rings. The minimum Gasteiger partial charge on any atom is -0.387 e. The zero-order valence-electron chi connectivity index (χ0n) is 13.5. The van der Waals surface area contributed by atoms with E-state index in [1.54, 1.807) is 6.92 Å². The molecule has 9 heteroatoms. The number of halogens is 1. The molecule has 0 spiro atoms. The Kier molecular flexibility index (Phi) is 4.13. The number of ether oxygens (including phenoxy) is 3. The first-order valence-electron chi connectivity index (χ1n) is 7.32. The quantitative estimate of drug-likeness (QED) is 0.857. The van der Waals surface area contributed by atoms with Crippen LogP contribution in [0.3, 0.4) is 0 Å². The number of aliphatic imine (C=N–C) groups is 1. The van der Waals surface area contributed by atoms with E-state index in [0.29, 0.717) is 17.3 Å². The molecule has 0 aliphatic carbocycles. The molecule has 5 atom stereocenters. The number of nitrogens with one attached hydrogen (secondary N) is 1. The Labute approximate surface area is 133 Å². The summed E-state index contributed by atoms with van der Waals surface area (Å²) >= 11 is 0. The van der Waals surface area contributed by atoms with Crippen LogP contribution in [0.1, 0.15) is 32.0 Å². The third-order valence-electron chi connectivity index (χ3n) is 4.19. The molecule has 0 saturated carbocycles. The van der Waals surface area contributed by atoms with E-state index in [9.17, 15) is 5.11 Å². The van der Waals surface area contributed by atoms with Crippen LogP contribution in [-0.2, 0) is 14.2 Å². The van der Waals surface area contributed by atoms with Crippen LogP contribution in [0, 0.1) is 0 Å². The topological polar surface area (TPSA) is 90.1 Å². The molecular formula is C14H21FN4O4. The van der Waals surface area contributed by atoms with Crippen LogP contribution in [0.15, 0.2) is 11.3 Å². The van der Waals surface area contributed by atoms with Crippen LogP contribution >= 0.6 is 0 Å². The molecule has 2 aliphatic heterocycles. The van der Waals surface area contributed by atoms with Gasteiger partial charge in [0.05, 0.1) is 12.9 Å². The van der Waals surface area contributed by atoms with Gasteiger partial charge in [-0.3, -0.25) is 4.57 Å². The lowest BCUT2D eigenvalue weighted by molar-refractivity contribution is -0.0629. The van der Waals surface area contributed by atoms with Gasteiger partial charge in [-0.15, -0.1) is 0 Å². The van der Waals surface area contributed by atoms with Crippen LogP contribution in [0.2, 0.25) is 0 Å². The highest BCUT2D eigenvalue weighted by atomic mass is 19.1. The van der Waals surface area contributed by atoms with Gasteiger partial charge in [0.25, 0.3) is 0 Å². The summed E-state index contributed by atoms with van der Waals surface area (Å²) < 4.78 is 32.6. The van der Waals surface area contributed by atoms with Gasteiger partial charge in [0.15, 0.2) is 18.1 Å². The van der Waals surface area contributed by atoms with Crippen molar-refractivity contribution < 1.29 is 23.7 Å². The van der Waals surface area contributed by atoms with Crippen molar-refractivity contribution in [2.75, 3.05) is 26.1 Å². The molecule has 1 aromatic rings. The Balaban J connectivity index is 1.96. The zero-order valence-corrected chi connectivity index (χ0v) is 13.5. The van der Waals surface area contributed by atoms with E-state index >= 15 is 4.39 Å². The molecule has 0 radical (unpaired) electrons. The largest absolute Gasteiger partial charge is 0.387 e. The van der Waals surface area contributed by atoms with Gasteiger partial charge in [-0.1, -0.05) is 0 Å². The van der Waals surface area contributed by atoms with Gasteiger partial charge in [-0.25, -0.2) is 14.4 Å². The molecule has 128 valence electrons. The van der Waals surface area contributed by atoms with E-state index < -0.39 is 30.3 Å². The fourth-order valence-corrected chi connectivity index (χ4v) is 2.98. The van der Waals surface area contributed by atoms with Crippen LogP contribution in [0.4, 0.5) is 10.2 Å². The van der Waals surface area contributed by atoms with Crippen LogP contribution in [-0.4, -0.2) is 59.2 Å². The molecule has 1 unspecified atom stereocenters. The molecule has 3 rings (SSSR count). The molecule has 8 nitrogen and oxygen atoms in total. The smallest absolute Gasteiger partial charge is 0.196 e. The zero-order chi connectivity index (χ0) is 16.8. The molecule has 1 saturated heterocycles. The molecule has 2 N–H and O–H groups in total. The minimum atomic E-state index is -2.00. The number of aliphatic hydroxyl groups is 1. The van der Waals surface area contributed by atoms with Gasteiger partial charge in [0.2, 0.25) is 0 Å². The van der Waals surface area contributed by atoms with Gasteiger partial charge in [-0.05, 0) is 13.8 Å². The predicted molar refractivity (Wildman–Crippen MR) is 80.0 cm³/mol. The van der Waals surface area contributed by atoms with Gasteiger partial charge >= 0.3 is 0 Å². The SMILES string of the molecule is COC[C@H]1O[C@@H](n2cnc3c2NC(C)=NC3OC)[C@](C)(F)[C@@H]1O. The molecule has 0 amide bonds. The lowest BCUT2D eigenvalue weighted by atomic mass is 9.98. The normalized spacial score (nSPS) is 36.5. The van der Waals surface area contributed by atoms with Crippen molar-refractivity contribution >= 4 is 11.7 Å². The van der Waals surface area contributed by atoms with E-state index in [2.05, 4.69) is 15.3 Å². The van der Waals surface area contributed by atoms with Crippen molar-refractivity contribution in [3.8, 4) is 0 Å². The first-order chi connectivity index (χ1) is 10.9. The number of fused-ring (bicyclic) bond motifs is 1. The summed E-state index contributed by atoms with van der Waals surface area (Å²) in [6.07, 6.45) is -2.19. The number of amidine groups is 1. The van der Waals surface area contributed by atoms with Gasteiger partial charge in [0.1, 0.15) is 29.6 Å². The standard InChI is InChI=1S/C14H21FN4O4/c1-7-17-11-9(12(18-7)22-4)16-6-19(11)13-14(2,15)10(20)8(23-13)5-21-3/h6,8,10,12-13,20H,5H2,1-4H3,(H,17,18)/t8-,10-,12?,13-,14-/m1/s1. The second-order valence-corrected chi connectivity index (χ2v) is 5.89. The lowest BCUT2D eigenvalue weighted by Gasteiger charge is -2.27. The number of nitrogens with zero attached hydrogens (tertiary/aromatic N) is 3. The number of aromatic nitrogens is 2. The number of imidazole rings is 1. The third kappa shape index (κ3) is 2.53. The van der Waals surface area contributed by atoms with Gasteiger partial charge < -0.3 is 24.6 Å². The summed E-state index contributed by atoms with van der Waals surface area (Å²) in [5.74, 6) is 1.17. The van der Waals surface area contributed by atoms with Crippen molar-refractivity contribution in [2.45, 2.75) is 44.2 Å². The van der Waals surface area contributed by atoms with Crippen molar-refractivity contribution in [2.24, 2.45) is 4.99 Å². The summed E-state index contributed by atoms with van der Waals surface area (Å²) in [6.45, 7) is 3.18. The third-order valence-corrected chi connectivity index (χ3v) is 4.19. The number of hydrogen-bond donors (Lipinski definition) is 2. The Bertz CT molecular complexity index is 618. The van der Waals surface area contributed by atoms with Crippen molar-refractivity contribution in [1.82, 2.24) is 9.55 Å². The maximum absolute atomic E-state index is 15.1. The highest BCUT2D eigenvalue weighted by Gasteiger charge is 2.55. The Hall–Kier alpha value is -1.55. The van der Waals surface area contributed by atoms with E-state index in [1.165, 1.54) is 32.0 Å². The summed E-state index contributed by atoms with van der Waals surface area (Å²) in [5.41, 5.74) is -1.45. The van der Waals surface area contributed by atoms with E-state index in [1.807, 2.05) is 0 Å². The maximum atomic E-state index is 15.1. The summed E-state index contributed by atoms with van der Waals surface area (Å²) in [7, 11) is 3.00. The van der Waals surface area contributed by atoms with E-state index in [0.717, 1.165) is 0 Å². The number of aliphatic hydroxyl groups excluding tert-OH is 1. The maximum Gasteiger partial charge on any atom is 0.196 e. The minimum absolute atomic E-state index is 0.0999. The molecular weight excluding hydrogens is 307 g/mol. The van der Waals surface area contributed by atoms with E-state index in [-0.39, 0.29) is 6.61 Å². The Morgan fingerprint density at radius 3 is 2.91 bits per heavy atom. The average Bonchev–Trinajstić information content (AvgIpc) is 3.01. The molecule has 3 heterocycles. The molecule has 0 aromatic carbocycles. The summed E-state index contributed by atoms with van der Waals surface area (Å²) in [5, 5.41) is 13.2. The molecule has 0 bridgehead atoms. The van der Waals surface area contributed by atoms with Crippen molar-refractivity contribution in [3.05, 3.63) is 12.0 Å². The lowest BCUT2D eigenvalue weighted by Crippen LogP contribution is -2.41. The van der Waals surface area contributed by atoms with Crippen LogP contribution < -0.4 is 5.32 Å². The average molecular weight is 328 g/mol. The Morgan fingerprint density at radius 1 is 1.52 bits per heavy atom. The first-order valence-corrected chi connectivity index (χ1v) is 7.32. The Morgan fingerprint density at radius 2 is 2.26 bits per heavy atom. The summed E-state index contributed by atoms with van der Waals surface area (Å²) in [6, 6.07) is 0.